The zero-order chi connectivity index (χ0) is 19.0. The minimum absolute atomic E-state index is 0. The van der Waals surface area contributed by atoms with Crippen LogP contribution in [0, 0.1) is 0 Å². The Morgan fingerprint density at radius 1 is 1.19 bits per heavy atom. The largest absolute Gasteiger partial charge is 0.434 e. The van der Waals surface area contributed by atoms with Crippen molar-refractivity contribution < 1.29 is 13.2 Å². The van der Waals surface area contributed by atoms with E-state index in [2.05, 4.69) is 53.2 Å². The molecule has 0 saturated heterocycles. The van der Waals surface area contributed by atoms with E-state index in [1.54, 1.807) is 7.05 Å². The highest BCUT2D eigenvalue weighted by Crippen LogP contribution is 2.29. The quantitative estimate of drug-likeness (QED) is 0.321. The van der Waals surface area contributed by atoms with Crippen LogP contribution in [0.2, 0.25) is 0 Å². The molecule has 0 aromatic carbocycles. The van der Waals surface area contributed by atoms with Crippen LogP contribution in [0.4, 0.5) is 13.2 Å². The topological polar surface area (TPSA) is 52.6 Å². The van der Waals surface area contributed by atoms with Gasteiger partial charge in [0.1, 0.15) is 0 Å². The lowest BCUT2D eigenvalue weighted by molar-refractivity contribution is -0.140. The molecule has 5 nitrogen and oxygen atoms in total. The van der Waals surface area contributed by atoms with Gasteiger partial charge < -0.3 is 10.6 Å². The molecular formula is C16H29F3IN5S. The molecule has 0 aliphatic heterocycles. The van der Waals surface area contributed by atoms with Gasteiger partial charge in [0.25, 0.3) is 0 Å². The number of alkyl halides is 3. The summed E-state index contributed by atoms with van der Waals surface area (Å²) in [6, 6.07) is 0.925. The van der Waals surface area contributed by atoms with Gasteiger partial charge in [-0.25, -0.2) is 4.98 Å². The van der Waals surface area contributed by atoms with Crippen molar-refractivity contribution in [1.82, 2.24) is 20.5 Å². The fourth-order valence-corrected chi connectivity index (χ4v) is 3.29. The summed E-state index contributed by atoms with van der Waals surface area (Å²) in [6.07, 6.45) is -3.95. The summed E-state index contributed by atoms with van der Waals surface area (Å²) in [5, 5.41) is 7.84. The normalized spacial score (nSPS) is 12.7. The van der Waals surface area contributed by atoms with Crippen LogP contribution in [0.15, 0.2) is 10.4 Å². The lowest BCUT2D eigenvalue weighted by atomic mass is 10.2. The van der Waals surface area contributed by atoms with Gasteiger partial charge in [0.2, 0.25) is 0 Å². The molecule has 0 aliphatic rings. The van der Waals surface area contributed by atoms with E-state index in [4.69, 9.17) is 0 Å². The van der Waals surface area contributed by atoms with E-state index in [9.17, 15) is 13.2 Å². The molecule has 0 amide bonds. The molecule has 152 valence electrons. The van der Waals surface area contributed by atoms with Crippen molar-refractivity contribution in [3.8, 4) is 0 Å². The standard InChI is InChI=1S/C16H28F3N5S.HI/c1-11(2)24(12(3)4)9-8-22-15(20-5)21-7-6-14-23-13(10-25-14)16(17,18)19;/h10-12H,6-9H2,1-5H3,(H2,20,21,22);1H. The van der Waals surface area contributed by atoms with Crippen molar-refractivity contribution >= 4 is 41.3 Å². The fraction of sp³-hybridized carbons (Fsp3) is 0.750. The first-order valence-electron chi connectivity index (χ1n) is 8.37. The molecule has 0 fully saturated rings. The molecule has 0 atom stereocenters. The monoisotopic (exact) mass is 507 g/mol. The van der Waals surface area contributed by atoms with Gasteiger partial charge in [0.15, 0.2) is 11.7 Å². The van der Waals surface area contributed by atoms with Gasteiger partial charge >= 0.3 is 6.18 Å². The third-order valence-electron chi connectivity index (χ3n) is 3.69. The minimum Gasteiger partial charge on any atom is -0.356 e. The van der Waals surface area contributed by atoms with Gasteiger partial charge in [-0.05, 0) is 27.7 Å². The van der Waals surface area contributed by atoms with Crippen LogP contribution >= 0.6 is 35.3 Å². The fourth-order valence-electron chi connectivity index (χ4n) is 2.48. The van der Waals surface area contributed by atoms with E-state index in [1.165, 1.54) is 0 Å². The van der Waals surface area contributed by atoms with E-state index in [0.717, 1.165) is 29.8 Å². The first kappa shape index (κ1) is 25.4. The zero-order valence-electron chi connectivity index (χ0n) is 15.9. The number of nitrogens with zero attached hydrogens (tertiary/aromatic N) is 3. The SMILES string of the molecule is CN=C(NCCc1nc(C(F)(F)F)cs1)NCCN(C(C)C)C(C)C.I. The Bertz CT molecular complexity index is 538. The third-order valence-corrected chi connectivity index (χ3v) is 4.59. The lowest BCUT2D eigenvalue weighted by Crippen LogP contribution is -2.45. The molecule has 1 aromatic rings. The molecule has 0 radical (unpaired) electrons. The molecule has 0 unspecified atom stereocenters. The number of hydrogen-bond acceptors (Lipinski definition) is 4. The van der Waals surface area contributed by atoms with Crippen molar-refractivity contribution in [2.45, 2.75) is 52.4 Å². The second-order valence-corrected chi connectivity index (χ2v) is 7.17. The van der Waals surface area contributed by atoms with Gasteiger partial charge in [-0.3, -0.25) is 9.89 Å². The van der Waals surface area contributed by atoms with Crippen molar-refractivity contribution in [1.29, 1.82) is 0 Å². The number of guanidine groups is 1. The third kappa shape index (κ3) is 8.85. The molecule has 1 rings (SSSR count). The van der Waals surface area contributed by atoms with E-state index in [-0.39, 0.29) is 24.0 Å². The second-order valence-electron chi connectivity index (χ2n) is 6.23. The zero-order valence-corrected chi connectivity index (χ0v) is 19.0. The molecule has 2 N–H and O–H groups in total. The van der Waals surface area contributed by atoms with Gasteiger partial charge in [0.05, 0.1) is 5.01 Å². The molecule has 10 heteroatoms. The molecule has 1 heterocycles. The molecule has 1 aromatic heterocycles. The minimum atomic E-state index is -4.38. The van der Waals surface area contributed by atoms with Gasteiger partial charge in [0, 0.05) is 50.6 Å². The van der Waals surface area contributed by atoms with E-state index >= 15 is 0 Å². The van der Waals surface area contributed by atoms with Gasteiger partial charge in [-0.2, -0.15) is 13.2 Å². The summed E-state index contributed by atoms with van der Waals surface area (Å²) < 4.78 is 37.6. The number of rotatable bonds is 8. The highest BCUT2D eigenvalue weighted by molar-refractivity contribution is 14.0. The van der Waals surface area contributed by atoms with E-state index in [0.29, 0.717) is 36.0 Å². The highest BCUT2D eigenvalue weighted by atomic mass is 127. The smallest absolute Gasteiger partial charge is 0.356 e. The number of hydrogen-bond donors (Lipinski definition) is 2. The molecule has 0 aliphatic carbocycles. The second kappa shape index (κ2) is 12.0. The van der Waals surface area contributed by atoms with Crippen molar-refractivity contribution in [3.05, 3.63) is 16.1 Å². The summed E-state index contributed by atoms with van der Waals surface area (Å²) in [7, 11) is 1.67. The average Bonchev–Trinajstić information content (AvgIpc) is 2.97. The number of thiazole rings is 1. The number of aromatic nitrogens is 1. The Labute approximate surface area is 174 Å². The Hall–Kier alpha value is -0.620. The van der Waals surface area contributed by atoms with Crippen LogP contribution in [0.1, 0.15) is 38.4 Å². The van der Waals surface area contributed by atoms with Crippen LogP contribution in [-0.2, 0) is 12.6 Å². The summed E-state index contributed by atoms with van der Waals surface area (Å²) >= 11 is 1.03. The summed E-state index contributed by atoms with van der Waals surface area (Å²) in [4.78, 5) is 10.1. The molecule has 0 spiro atoms. The number of aliphatic imine (C=N–C) groups is 1. The predicted octanol–water partition coefficient (Wildman–Crippen LogP) is 3.61. The molecular weight excluding hydrogens is 478 g/mol. The van der Waals surface area contributed by atoms with E-state index < -0.39 is 11.9 Å². The van der Waals surface area contributed by atoms with Crippen molar-refractivity contribution in [2.75, 3.05) is 26.7 Å². The maximum atomic E-state index is 12.5. The Morgan fingerprint density at radius 3 is 2.23 bits per heavy atom. The molecule has 26 heavy (non-hydrogen) atoms. The number of nitrogens with one attached hydrogen (secondary N) is 2. The highest BCUT2D eigenvalue weighted by Gasteiger charge is 2.33. The lowest BCUT2D eigenvalue weighted by Gasteiger charge is -2.30. The summed E-state index contributed by atoms with van der Waals surface area (Å²) in [6.45, 7) is 10.8. The first-order valence-corrected chi connectivity index (χ1v) is 9.25. The van der Waals surface area contributed by atoms with Gasteiger partial charge in [-0.15, -0.1) is 35.3 Å². The van der Waals surface area contributed by atoms with Crippen molar-refractivity contribution in [2.24, 2.45) is 4.99 Å². The van der Waals surface area contributed by atoms with Crippen LogP contribution < -0.4 is 10.6 Å². The van der Waals surface area contributed by atoms with Crippen LogP contribution in [-0.4, -0.2) is 54.6 Å². The maximum absolute atomic E-state index is 12.5. The summed E-state index contributed by atoms with van der Waals surface area (Å²) in [5.41, 5.74) is -0.822. The van der Waals surface area contributed by atoms with Crippen LogP contribution in [0.5, 0.6) is 0 Å². The average molecular weight is 507 g/mol. The Balaban J connectivity index is 0.00000625. The van der Waals surface area contributed by atoms with Gasteiger partial charge in [-0.1, -0.05) is 0 Å². The Morgan fingerprint density at radius 2 is 1.77 bits per heavy atom. The van der Waals surface area contributed by atoms with E-state index in [1.807, 2.05) is 0 Å². The van der Waals surface area contributed by atoms with Crippen LogP contribution in [0.25, 0.3) is 0 Å². The molecule has 0 bridgehead atoms. The maximum Gasteiger partial charge on any atom is 0.434 e. The number of halogens is 4. The molecule has 0 saturated carbocycles. The summed E-state index contributed by atoms with van der Waals surface area (Å²) in [5.74, 6) is 0.639. The van der Waals surface area contributed by atoms with Crippen LogP contribution in [0.3, 0.4) is 0 Å². The first-order chi connectivity index (χ1) is 11.6. The predicted molar refractivity (Wildman–Crippen MR) is 113 cm³/mol. The van der Waals surface area contributed by atoms with Crippen molar-refractivity contribution in [3.63, 3.8) is 0 Å². The Kier molecular flexibility index (Phi) is 11.7.